The van der Waals surface area contributed by atoms with E-state index in [1.54, 1.807) is 6.92 Å². The summed E-state index contributed by atoms with van der Waals surface area (Å²) in [6, 6.07) is 4.29. The van der Waals surface area contributed by atoms with E-state index in [1.807, 2.05) is 0 Å². The molecule has 5 nitrogen and oxygen atoms in total. The Kier molecular flexibility index (Phi) is 5.91. The zero-order valence-electron chi connectivity index (χ0n) is 10.1. The van der Waals surface area contributed by atoms with E-state index in [9.17, 15) is 9.90 Å². The first-order chi connectivity index (χ1) is 8.50. The van der Waals surface area contributed by atoms with Crippen LogP contribution in [0.2, 0.25) is 5.02 Å². The smallest absolute Gasteiger partial charge is 0.251 e. The van der Waals surface area contributed by atoms with E-state index in [2.05, 4.69) is 10.6 Å². The Hall–Kier alpha value is -1.30. The van der Waals surface area contributed by atoms with E-state index in [0.29, 0.717) is 25.2 Å². The van der Waals surface area contributed by atoms with Gasteiger partial charge in [0.2, 0.25) is 0 Å². The van der Waals surface area contributed by atoms with Gasteiger partial charge in [-0.1, -0.05) is 11.6 Å². The molecule has 4 N–H and O–H groups in total. The predicted octanol–water partition coefficient (Wildman–Crippen LogP) is 0.746. The number of benzene rings is 1. The topological polar surface area (TPSA) is 81.6 Å². The Morgan fingerprint density at radius 2 is 2.17 bits per heavy atom. The molecule has 0 aliphatic rings. The fourth-order valence-electron chi connectivity index (χ4n) is 1.33. The molecule has 1 aromatic rings. The molecule has 0 aliphatic carbocycles. The highest BCUT2D eigenvalue weighted by Crippen LogP contribution is 2.23. The molecule has 0 saturated carbocycles. The van der Waals surface area contributed by atoms with Crippen molar-refractivity contribution in [3.63, 3.8) is 0 Å². The molecular weight excluding hydrogens is 256 g/mol. The van der Waals surface area contributed by atoms with Gasteiger partial charge in [0.15, 0.2) is 0 Å². The number of aliphatic hydroxyl groups excluding tert-OH is 1. The van der Waals surface area contributed by atoms with E-state index in [-0.39, 0.29) is 16.7 Å². The van der Waals surface area contributed by atoms with Crippen molar-refractivity contribution in [2.75, 3.05) is 19.6 Å². The van der Waals surface area contributed by atoms with Crippen LogP contribution >= 0.6 is 11.6 Å². The average molecular weight is 273 g/mol. The minimum Gasteiger partial charge on any atom is -0.506 e. The number of hydrogen-bond donors (Lipinski definition) is 4. The molecule has 1 unspecified atom stereocenters. The second-order valence-corrected chi connectivity index (χ2v) is 4.38. The predicted molar refractivity (Wildman–Crippen MR) is 70.0 cm³/mol. The van der Waals surface area contributed by atoms with Gasteiger partial charge in [-0.2, -0.15) is 0 Å². The quantitative estimate of drug-likeness (QED) is 0.576. The summed E-state index contributed by atoms with van der Waals surface area (Å²) in [6.45, 7) is 3.19. The molecule has 100 valence electrons. The summed E-state index contributed by atoms with van der Waals surface area (Å²) in [5, 5.41) is 24.1. The van der Waals surface area contributed by atoms with Crippen LogP contribution in [0.3, 0.4) is 0 Å². The first-order valence-electron chi connectivity index (χ1n) is 5.66. The van der Waals surface area contributed by atoms with Crippen LogP contribution in [-0.4, -0.2) is 41.9 Å². The molecule has 0 radical (unpaired) electrons. The molecule has 1 rings (SSSR count). The summed E-state index contributed by atoms with van der Waals surface area (Å²) < 4.78 is 0. The second kappa shape index (κ2) is 7.20. The Labute approximate surface area is 111 Å². The van der Waals surface area contributed by atoms with Crippen molar-refractivity contribution >= 4 is 17.5 Å². The van der Waals surface area contributed by atoms with Crippen LogP contribution in [0.4, 0.5) is 0 Å². The highest BCUT2D eigenvalue weighted by molar-refractivity contribution is 6.32. The molecule has 0 spiro atoms. The number of halogens is 1. The van der Waals surface area contributed by atoms with Crippen molar-refractivity contribution in [2.45, 2.75) is 13.0 Å². The van der Waals surface area contributed by atoms with Crippen LogP contribution in [0.5, 0.6) is 5.75 Å². The Bertz CT molecular complexity index is 410. The molecule has 1 atom stereocenters. The maximum atomic E-state index is 11.7. The Morgan fingerprint density at radius 3 is 2.78 bits per heavy atom. The lowest BCUT2D eigenvalue weighted by Gasteiger charge is -2.08. The summed E-state index contributed by atoms with van der Waals surface area (Å²) in [5.41, 5.74) is 0.397. The number of hydrogen-bond acceptors (Lipinski definition) is 4. The van der Waals surface area contributed by atoms with Crippen molar-refractivity contribution in [3.8, 4) is 5.75 Å². The highest BCUT2D eigenvalue weighted by atomic mass is 35.5. The van der Waals surface area contributed by atoms with E-state index in [0.717, 1.165) is 0 Å². The molecule has 0 saturated heterocycles. The van der Waals surface area contributed by atoms with Gasteiger partial charge in [-0.15, -0.1) is 0 Å². The van der Waals surface area contributed by atoms with Gasteiger partial charge in [0, 0.05) is 25.2 Å². The SMILES string of the molecule is CC(O)CNCCNC(=O)c1ccc(O)c(Cl)c1. The standard InChI is InChI=1S/C12H17ClN2O3/c1-8(16)7-14-4-5-15-12(18)9-2-3-11(17)10(13)6-9/h2-3,6,8,14,16-17H,4-5,7H2,1H3,(H,15,18). The Morgan fingerprint density at radius 1 is 1.44 bits per heavy atom. The molecule has 18 heavy (non-hydrogen) atoms. The third kappa shape index (κ3) is 4.91. The normalized spacial score (nSPS) is 12.2. The summed E-state index contributed by atoms with van der Waals surface area (Å²) in [6.07, 6.45) is -0.406. The van der Waals surface area contributed by atoms with Crippen LogP contribution in [0, 0.1) is 0 Å². The number of nitrogens with one attached hydrogen (secondary N) is 2. The van der Waals surface area contributed by atoms with Crippen molar-refractivity contribution in [1.29, 1.82) is 0 Å². The van der Waals surface area contributed by atoms with Gasteiger partial charge in [-0.05, 0) is 25.1 Å². The average Bonchev–Trinajstić information content (AvgIpc) is 2.31. The van der Waals surface area contributed by atoms with Gasteiger partial charge in [0.05, 0.1) is 11.1 Å². The first kappa shape index (κ1) is 14.8. The minimum absolute atomic E-state index is 0.0492. The number of carbonyl (C=O) groups is 1. The molecule has 0 fully saturated rings. The van der Waals surface area contributed by atoms with Crippen LogP contribution in [0.25, 0.3) is 0 Å². The van der Waals surface area contributed by atoms with Gasteiger partial charge in [0.1, 0.15) is 5.75 Å². The number of aromatic hydroxyl groups is 1. The molecule has 0 aliphatic heterocycles. The molecular formula is C12H17ClN2O3. The lowest BCUT2D eigenvalue weighted by atomic mass is 10.2. The van der Waals surface area contributed by atoms with E-state index < -0.39 is 6.10 Å². The van der Waals surface area contributed by atoms with Crippen LogP contribution in [0.15, 0.2) is 18.2 Å². The third-order valence-electron chi connectivity index (χ3n) is 2.24. The number of phenolic OH excluding ortho intramolecular Hbond substituents is 1. The molecule has 0 aromatic heterocycles. The Balaban J connectivity index is 2.34. The van der Waals surface area contributed by atoms with E-state index >= 15 is 0 Å². The maximum Gasteiger partial charge on any atom is 0.251 e. The van der Waals surface area contributed by atoms with Gasteiger partial charge in [0.25, 0.3) is 5.91 Å². The van der Waals surface area contributed by atoms with Gasteiger partial charge >= 0.3 is 0 Å². The number of amides is 1. The van der Waals surface area contributed by atoms with Crippen LogP contribution in [0.1, 0.15) is 17.3 Å². The summed E-state index contributed by atoms with van der Waals surface area (Å²) in [7, 11) is 0. The largest absolute Gasteiger partial charge is 0.506 e. The highest BCUT2D eigenvalue weighted by Gasteiger charge is 2.07. The number of phenols is 1. The van der Waals surface area contributed by atoms with Gasteiger partial charge in [-0.25, -0.2) is 0 Å². The zero-order chi connectivity index (χ0) is 13.5. The lowest BCUT2D eigenvalue weighted by Crippen LogP contribution is -2.34. The van der Waals surface area contributed by atoms with Gasteiger partial charge < -0.3 is 20.8 Å². The van der Waals surface area contributed by atoms with Crippen molar-refractivity contribution in [3.05, 3.63) is 28.8 Å². The zero-order valence-corrected chi connectivity index (χ0v) is 10.9. The number of carbonyl (C=O) groups excluding carboxylic acids is 1. The molecule has 0 bridgehead atoms. The molecule has 1 amide bonds. The van der Waals surface area contributed by atoms with E-state index in [1.165, 1.54) is 18.2 Å². The maximum absolute atomic E-state index is 11.7. The number of aliphatic hydroxyl groups is 1. The van der Waals surface area contributed by atoms with Crippen molar-refractivity contribution in [2.24, 2.45) is 0 Å². The monoisotopic (exact) mass is 272 g/mol. The molecule has 0 heterocycles. The lowest BCUT2D eigenvalue weighted by molar-refractivity contribution is 0.0953. The van der Waals surface area contributed by atoms with Crippen molar-refractivity contribution < 1.29 is 15.0 Å². The third-order valence-corrected chi connectivity index (χ3v) is 2.54. The summed E-state index contributed by atoms with van der Waals surface area (Å²) in [5.74, 6) is -0.303. The van der Waals surface area contributed by atoms with Gasteiger partial charge in [-0.3, -0.25) is 4.79 Å². The van der Waals surface area contributed by atoms with E-state index in [4.69, 9.17) is 16.7 Å². The summed E-state index contributed by atoms with van der Waals surface area (Å²) >= 11 is 5.71. The molecule has 1 aromatic carbocycles. The van der Waals surface area contributed by atoms with Crippen LogP contribution < -0.4 is 10.6 Å². The van der Waals surface area contributed by atoms with Crippen LogP contribution in [-0.2, 0) is 0 Å². The first-order valence-corrected chi connectivity index (χ1v) is 6.04. The fourth-order valence-corrected chi connectivity index (χ4v) is 1.51. The van der Waals surface area contributed by atoms with Crippen molar-refractivity contribution in [1.82, 2.24) is 10.6 Å². The fraction of sp³-hybridized carbons (Fsp3) is 0.417. The number of rotatable bonds is 6. The summed E-state index contributed by atoms with van der Waals surface area (Å²) in [4.78, 5) is 11.7. The second-order valence-electron chi connectivity index (χ2n) is 3.98. The molecule has 6 heteroatoms. The minimum atomic E-state index is -0.406.